The second-order valence-corrected chi connectivity index (χ2v) is 26.2. The van der Waals surface area contributed by atoms with Crippen molar-refractivity contribution in [3.8, 4) is 0 Å². The van der Waals surface area contributed by atoms with Crippen molar-refractivity contribution in [2.45, 2.75) is 0 Å². The molecule has 266 valence electrons. The van der Waals surface area contributed by atoms with Crippen LogP contribution in [-0.4, -0.2) is 48.9 Å². The van der Waals surface area contributed by atoms with Crippen molar-refractivity contribution in [1.29, 1.82) is 0 Å². The van der Waals surface area contributed by atoms with Gasteiger partial charge in [0.25, 0.3) is 0 Å². The van der Waals surface area contributed by atoms with Crippen LogP contribution in [0.4, 0.5) is 0 Å². The van der Waals surface area contributed by atoms with Gasteiger partial charge in [0.05, 0.1) is 0 Å². The van der Waals surface area contributed by atoms with E-state index in [0.717, 1.165) is 32.9 Å². The van der Waals surface area contributed by atoms with Gasteiger partial charge in [-0.05, 0) is 0 Å². The molecule has 0 fully saturated rings. The van der Waals surface area contributed by atoms with E-state index in [4.69, 9.17) is 9.97 Å². The number of nitrogens with zero attached hydrogens (tertiary/aromatic N) is 4. The SMILES string of the molecule is [Se]=P(c1ccccc1)(c1ccccc1)c1ccc2c(c1)c1ccccc1n1c3cccc(P(=[Se])(c4cccnc4)n4c5ccccc5c5ccccc54)c3nc21. The number of benzene rings is 7. The van der Waals surface area contributed by atoms with E-state index in [2.05, 4.69) is 221 Å². The maximum absolute atomic E-state index is 5.70. The van der Waals surface area contributed by atoms with E-state index in [-0.39, 0.29) is 0 Å². The van der Waals surface area contributed by atoms with Gasteiger partial charge in [0.2, 0.25) is 0 Å². The predicted molar refractivity (Wildman–Crippen MR) is 243 cm³/mol. The summed E-state index contributed by atoms with van der Waals surface area (Å²) in [6.07, 6.45) is 3.89. The number of hydrogen-bond donors (Lipinski definition) is 0. The van der Waals surface area contributed by atoms with E-state index in [0.29, 0.717) is 0 Å². The molecule has 11 aromatic rings. The summed E-state index contributed by atoms with van der Waals surface area (Å²) in [6.45, 7) is 0. The third kappa shape index (κ3) is 4.92. The summed E-state index contributed by atoms with van der Waals surface area (Å²) in [4.78, 5) is 10.4. The Hall–Kier alpha value is -5.14. The van der Waals surface area contributed by atoms with Crippen LogP contribution in [0.2, 0.25) is 0 Å². The van der Waals surface area contributed by atoms with E-state index in [1.54, 1.807) is 0 Å². The number of para-hydroxylation sites is 4. The topological polar surface area (TPSA) is 35.1 Å². The molecule has 0 aliphatic carbocycles. The summed E-state index contributed by atoms with van der Waals surface area (Å²) in [5, 5.41) is 12.2. The monoisotopic (exact) mass is 886 g/mol. The number of pyridine rings is 2. The second kappa shape index (κ2) is 13.2. The average molecular weight is 885 g/mol. The fraction of sp³-hybridized carbons (Fsp3) is 0. The van der Waals surface area contributed by atoms with Gasteiger partial charge in [0.1, 0.15) is 0 Å². The Balaban J connectivity index is 1.24. The first kappa shape index (κ1) is 34.1. The average Bonchev–Trinajstić information content (AvgIpc) is 3.84. The van der Waals surface area contributed by atoms with E-state index in [9.17, 15) is 0 Å². The predicted octanol–water partition coefficient (Wildman–Crippen LogP) is 9.19. The zero-order valence-electron chi connectivity index (χ0n) is 30.0. The van der Waals surface area contributed by atoms with Crippen LogP contribution < -0.4 is 26.5 Å². The molecule has 0 radical (unpaired) electrons. The molecule has 11 rings (SSSR count). The Kier molecular flexibility index (Phi) is 8.06. The number of hydrogen-bond acceptors (Lipinski definition) is 2. The third-order valence-electron chi connectivity index (χ3n) is 11.1. The number of aromatic nitrogens is 4. The summed E-state index contributed by atoms with van der Waals surface area (Å²) in [7, 11) is 0. The van der Waals surface area contributed by atoms with Gasteiger partial charge < -0.3 is 0 Å². The molecular formula is C48H32N4P2Se2. The molecule has 1 unspecified atom stereocenters. The molecule has 0 spiro atoms. The number of imidazole rings is 1. The van der Waals surface area contributed by atoms with Gasteiger partial charge >= 0.3 is 341 Å². The standard InChI is InChI=1S/C48H32N4P2Se2/c55-53(33-15-3-1-4-16-33,34-17-5-2-6-18-34)35-28-29-40-41(31-35)39-22-7-10-23-42(39)51-45-26-13-27-46(47(45)50-48(40)51)54(56,36-19-14-30-49-32-36)52-43-24-11-8-20-37(43)38-21-9-12-25-44(38)52/h1-32H. The summed E-state index contributed by atoms with van der Waals surface area (Å²) in [6, 6.07) is 66.3. The molecule has 0 N–H and O–H groups in total. The van der Waals surface area contributed by atoms with Gasteiger partial charge in [-0.3, -0.25) is 0 Å². The Morgan fingerprint density at radius 3 is 1.61 bits per heavy atom. The van der Waals surface area contributed by atoms with E-state index < -0.39 is 11.2 Å². The maximum atomic E-state index is 5.70. The number of rotatable bonds is 6. The molecule has 0 aliphatic heterocycles. The normalized spacial score (nSPS) is 13.3. The third-order valence-corrected chi connectivity index (χ3v) is 24.7. The summed E-state index contributed by atoms with van der Waals surface area (Å²) in [5.74, 6) is 0. The van der Waals surface area contributed by atoms with Crippen molar-refractivity contribution in [2.24, 2.45) is 0 Å². The van der Waals surface area contributed by atoms with Crippen molar-refractivity contribution in [3.63, 3.8) is 0 Å². The van der Waals surface area contributed by atoms with Crippen LogP contribution in [0.15, 0.2) is 194 Å². The van der Waals surface area contributed by atoms with Gasteiger partial charge in [-0.2, -0.15) is 0 Å². The van der Waals surface area contributed by atoms with Crippen LogP contribution in [-0.2, 0) is 0 Å². The summed E-state index contributed by atoms with van der Waals surface area (Å²) >= 11 is 7.63. The Labute approximate surface area is 339 Å². The molecule has 8 heteroatoms. The van der Waals surface area contributed by atoms with Gasteiger partial charge in [-0.25, -0.2) is 0 Å². The first-order valence-corrected chi connectivity index (χ1v) is 26.5. The van der Waals surface area contributed by atoms with E-state index in [1.807, 2.05) is 12.4 Å². The minimum atomic E-state index is -2.54. The summed E-state index contributed by atoms with van der Waals surface area (Å²) < 4.78 is 4.94. The van der Waals surface area contributed by atoms with Gasteiger partial charge in [0.15, 0.2) is 0 Å². The van der Waals surface area contributed by atoms with Crippen molar-refractivity contribution >= 4 is 128 Å². The van der Waals surface area contributed by atoms with Crippen LogP contribution in [0.1, 0.15) is 0 Å². The van der Waals surface area contributed by atoms with Crippen molar-refractivity contribution in [3.05, 3.63) is 194 Å². The zero-order chi connectivity index (χ0) is 37.4. The van der Waals surface area contributed by atoms with Crippen LogP contribution in [0, 0.1) is 0 Å². The molecule has 0 saturated carbocycles. The molecule has 1 atom stereocenters. The molecule has 4 aromatic heterocycles. The van der Waals surface area contributed by atoms with Gasteiger partial charge in [0, 0.05) is 0 Å². The fourth-order valence-electron chi connectivity index (χ4n) is 8.62. The van der Waals surface area contributed by atoms with Crippen molar-refractivity contribution < 1.29 is 0 Å². The molecule has 0 amide bonds. The molecule has 0 bridgehead atoms. The Morgan fingerprint density at radius 1 is 0.429 bits per heavy atom. The minimum absolute atomic E-state index is 0.955. The van der Waals surface area contributed by atoms with E-state index in [1.165, 1.54) is 53.8 Å². The zero-order valence-corrected chi connectivity index (χ0v) is 35.2. The Morgan fingerprint density at radius 2 is 0.982 bits per heavy atom. The first-order valence-electron chi connectivity index (χ1n) is 18.5. The van der Waals surface area contributed by atoms with Crippen molar-refractivity contribution in [2.75, 3.05) is 0 Å². The molecular weight excluding hydrogens is 852 g/mol. The van der Waals surface area contributed by atoms with Crippen LogP contribution in [0.25, 0.3) is 60.2 Å². The molecule has 0 aliphatic rings. The van der Waals surface area contributed by atoms with Crippen molar-refractivity contribution in [1.82, 2.24) is 18.7 Å². The number of fused-ring (bicyclic) bond motifs is 11. The van der Waals surface area contributed by atoms with Gasteiger partial charge in [-0.15, -0.1) is 0 Å². The van der Waals surface area contributed by atoms with Crippen LogP contribution in [0.3, 0.4) is 0 Å². The fourth-order valence-corrected chi connectivity index (χ4v) is 19.2. The second-order valence-electron chi connectivity index (χ2n) is 14.1. The molecule has 4 nitrogen and oxygen atoms in total. The molecule has 4 heterocycles. The van der Waals surface area contributed by atoms with Crippen LogP contribution in [0.5, 0.6) is 0 Å². The first-order chi connectivity index (χ1) is 27.6. The molecule has 7 aromatic carbocycles. The van der Waals surface area contributed by atoms with Crippen LogP contribution >= 0.6 is 11.2 Å². The molecule has 0 saturated heterocycles. The summed E-state index contributed by atoms with van der Waals surface area (Å²) in [5.41, 5.74) is 1.92. The Bertz CT molecular complexity index is 3340. The quantitative estimate of drug-likeness (QED) is 0.0950. The van der Waals surface area contributed by atoms with E-state index >= 15 is 0 Å². The van der Waals surface area contributed by atoms with Gasteiger partial charge in [-0.1, -0.05) is 0 Å². The molecule has 56 heavy (non-hydrogen) atoms.